The van der Waals surface area contributed by atoms with E-state index in [4.69, 9.17) is 0 Å². The van der Waals surface area contributed by atoms with Crippen LogP contribution in [0.25, 0.3) is 22.0 Å². The molecule has 1 aliphatic carbocycles. The van der Waals surface area contributed by atoms with Crippen molar-refractivity contribution >= 4 is 33.5 Å². The fraction of sp³-hybridized carbons (Fsp3) is 0.267. The maximum absolute atomic E-state index is 12.9. The Kier molecular flexibility index (Phi) is 2.88. The van der Waals surface area contributed by atoms with Gasteiger partial charge in [0, 0.05) is 47.4 Å². The Morgan fingerprint density at radius 1 is 1.33 bits per heavy atom. The normalized spacial score (nSPS) is 14.8. The summed E-state index contributed by atoms with van der Waals surface area (Å²) in [7, 11) is 1.87. The van der Waals surface area contributed by atoms with Gasteiger partial charge in [0.05, 0.1) is 17.1 Å². The monoisotopic (exact) mass is 392 g/mol. The van der Waals surface area contributed by atoms with E-state index in [0.717, 1.165) is 33.3 Å². The van der Waals surface area contributed by atoms with Crippen molar-refractivity contribution in [2.45, 2.75) is 18.9 Å². The molecule has 2 heterocycles. The first-order valence-electron chi connectivity index (χ1n) is 6.85. The SMILES string of the molecule is Cn1cc(-c2cccc3nc(I)n(C4CC4)c(=O)c23)cn1. The third-order valence-corrected chi connectivity index (χ3v) is 4.58. The molecule has 1 aliphatic rings. The topological polar surface area (TPSA) is 52.7 Å². The first-order chi connectivity index (χ1) is 10.1. The van der Waals surface area contributed by atoms with E-state index in [1.54, 1.807) is 10.9 Å². The van der Waals surface area contributed by atoms with Gasteiger partial charge in [0.1, 0.15) is 0 Å². The van der Waals surface area contributed by atoms with Gasteiger partial charge < -0.3 is 0 Å². The van der Waals surface area contributed by atoms with Crippen LogP contribution in [0.2, 0.25) is 0 Å². The van der Waals surface area contributed by atoms with Gasteiger partial charge in [0.15, 0.2) is 3.83 Å². The van der Waals surface area contributed by atoms with E-state index in [0.29, 0.717) is 11.4 Å². The van der Waals surface area contributed by atoms with E-state index < -0.39 is 0 Å². The Hall–Kier alpha value is -1.70. The number of nitrogens with zero attached hydrogens (tertiary/aromatic N) is 4. The van der Waals surface area contributed by atoms with Crippen LogP contribution in [0.15, 0.2) is 35.4 Å². The van der Waals surface area contributed by atoms with Crippen molar-refractivity contribution in [1.82, 2.24) is 19.3 Å². The highest BCUT2D eigenvalue weighted by molar-refractivity contribution is 14.1. The predicted molar refractivity (Wildman–Crippen MR) is 89.2 cm³/mol. The van der Waals surface area contributed by atoms with Gasteiger partial charge in [-0.3, -0.25) is 14.0 Å². The number of fused-ring (bicyclic) bond motifs is 1. The summed E-state index contributed by atoms with van der Waals surface area (Å²) in [6, 6.07) is 6.13. The second-order valence-electron chi connectivity index (χ2n) is 5.39. The molecule has 3 aromatic rings. The molecule has 0 aliphatic heterocycles. The summed E-state index contributed by atoms with van der Waals surface area (Å²) < 4.78 is 4.35. The molecule has 0 saturated heterocycles. The molecule has 21 heavy (non-hydrogen) atoms. The molecule has 6 heteroatoms. The minimum absolute atomic E-state index is 0.0614. The van der Waals surface area contributed by atoms with Gasteiger partial charge in [-0.15, -0.1) is 0 Å². The van der Waals surface area contributed by atoms with Crippen LogP contribution < -0.4 is 5.56 Å². The standard InChI is InChI=1S/C15H13IN4O/c1-19-8-9(7-17-19)11-3-2-4-12-13(11)14(21)20(10-5-6-10)15(16)18-12/h2-4,7-8,10H,5-6H2,1H3. The van der Waals surface area contributed by atoms with Crippen LogP contribution >= 0.6 is 22.6 Å². The van der Waals surface area contributed by atoms with Crippen LogP contribution in [-0.2, 0) is 7.05 Å². The van der Waals surface area contributed by atoms with Crippen molar-refractivity contribution in [3.05, 3.63) is 44.8 Å². The van der Waals surface area contributed by atoms with E-state index in [2.05, 4.69) is 32.7 Å². The molecule has 5 nitrogen and oxygen atoms in total. The predicted octanol–water partition coefficient (Wildman–Crippen LogP) is 2.74. The van der Waals surface area contributed by atoms with Gasteiger partial charge in [-0.05, 0) is 24.5 Å². The quantitative estimate of drug-likeness (QED) is 0.498. The van der Waals surface area contributed by atoms with Gasteiger partial charge in [-0.2, -0.15) is 5.10 Å². The van der Waals surface area contributed by atoms with Crippen LogP contribution in [0.4, 0.5) is 0 Å². The molecule has 1 saturated carbocycles. The van der Waals surface area contributed by atoms with Crippen LogP contribution in [-0.4, -0.2) is 19.3 Å². The number of benzene rings is 1. The highest BCUT2D eigenvalue weighted by Gasteiger charge is 2.28. The number of hydrogen-bond acceptors (Lipinski definition) is 3. The van der Waals surface area contributed by atoms with Gasteiger partial charge in [0.25, 0.3) is 5.56 Å². The van der Waals surface area contributed by atoms with Crippen LogP contribution in [0.3, 0.4) is 0 Å². The van der Waals surface area contributed by atoms with Gasteiger partial charge in [0.2, 0.25) is 0 Å². The van der Waals surface area contributed by atoms with Crippen molar-refractivity contribution in [2.75, 3.05) is 0 Å². The van der Waals surface area contributed by atoms with Crippen LogP contribution in [0.1, 0.15) is 18.9 Å². The molecule has 0 amide bonds. The lowest BCUT2D eigenvalue weighted by atomic mass is 10.0. The lowest BCUT2D eigenvalue weighted by Gasteiger charge is -2.10. The second-order valence-corrected chi connectivity index (χ2v) is 6.35. The molecule has 0 unspecified atom stereocenters. The van der Waals surface area contributed by atoms with Gasteiger partial charge >= 0.3 is 0 Å². The molecule has 0 atom stereocenters. The van der Waals surface area contributed by atoms with Crippen molar-refractivity contribution in [1.29, 1.82) is 0 Å². The van der Waals surface area contributed by atoms with Gasteiger partial charge in [-0.25, -0.2) is 4.98 Å². The summed E-state index contributed by atoms with van der Waals surface area (Å²) in [5, 5.41) is 4.90. The number of rotatable bonds is 2. The largest absolute Gasteiger partial charge is 0.284 e. The molecule has 0 bridgehead atoms. The van der Waals surface area contributed by atoms with Crippen molar-refractivity contribution in [3.8, 4) is 11.1 Å². The number of aromatic nitrogens is 4. The summed E-state index contributed by atoms with van der Waals surface area (Å²) in [6.45, 7) is 0. The zero-order valence-electron chi connectivity index (χ0n) is 11.5. The first-order valence-corrected chi connectivity index (χ1v) is 7.93. The summed E-state index contributed by atoms with van der Waals surface area (Å²) in [6.07, 6.45) is 5.84. The minimum atomic E-state index is 0.0614. The minimum Gasteiger partial charge on any atom is -0.284 e. The number of halogens is 1. The van der Waals surface area contributed by atoms with E-state index in [1.807, 2.05) is 36.0 Å². The number of aryl methyl sites for hydroxylation is 1. The zero-order chi connectivity index (χ0) is 14.6. The maximum Gasteiger partial charge on any atom is 0.262 e. The Labute approximate surface area is 134 Å². The van der Waals surface area contributed by atoms with E-state index in [9.17, 15) is 4.79 Å². The molecule has 0 spiro atoms. The first kappa shape index (κ1) is 13.0. The van der Waals surface area contributed by atoms with Crippen molar-refractivity contribution < 1.29 is 0 Å². The third-order valence-electron chi connectivity index (χ3n) is 3.81. The molecular formula is C15H13IN4O. The van der Waals surface area contributed by atoms with Gasteiger partial charge in [-0.1, -0.05) is 12.1 Å². The fourth-order valence-corrected chi connectivity index (χ4v) is 3.54. The summed E-state index contributed by atoms with van der Waals surface area (Å²) in [5.74, 6) is 0. The summed E-state index contributed by atoms with van der Waals surface area (Å²) in [4.78, 5) is 17.5. The van der Waals surface area contributed by atoms with Crippen LogP contribution in [0.5, 0.6) is 0 Å². The second kappa shape index (κ2) is 4.66. The molecule has 4 rings (SSSR count). The van der Waals surface area contributed by atoms with Crippen molar-refractivity contribution in [3.63, 3.8) is 0 Å². The highest BCUT2D eigenvalue weighted by atomic mass is 127. The summed E-state index contributed by atoms with van der Waals surface area (Å²) >= 11 is 2.16. The smallest absolute Gasteiger partial charge is 0.262 e. The Morgan fingerprint density at radius 3 is 2.81 bits per heavy atom. The molecule has 1 aromatic carbocycles. The number of hydrogen-bond donors (Lipinski definition) is 0. The molecule has 0 radical (unpaired) electrons. The van der Waals surface area contributed by atoms with Crippen LogP contribution in [0, 0.1) is 3.83 Å². The third kappa shape index (κ3) is 2.08. The molecular weight excluding hydrogens is 379 g/mol. The lowest BCUT2D eigenvalue weighted by Crippen LogP contribution is -2.23. The highest BCUT2D eigenvalue weighted by Crippen LogP contribution is 2.35. The van der Waals surface area contributed by atoms with E-state index >= 15 is 0 Å². The average molecular weight is 392 g/mol. The maximum atomic E-state index is 12.9. The molecule has 0 N–H and O–H groups in total. The average Bonchev–Trinajstić information content (AvgIpc) is 3.19. The zero-order valence-corrected chi connectivity index (χ0v) is 13.6. The van der Waals surface area contributed by atoms with E-state index in [-0.39, 0.29) is 5.56 Å². The lowest BCUT2D eigenvalue weighted by molar-refractivity contribution is 0.674. The van der Waals surface area contributed by atoms with E-state index in [1.165, 1.54) is 0 Å². The Morgan fingerprint density at radius 2 is 2.14 bits per heavy atom. The Balaban J connectivity index is 2.08. The molecule has 1 fully saturated rings. The molecule has 106 valence electrons. The Bertz CT molecular complexity index is 908. The summed E-state index contributed by atoms with van der Waals surface area (Å²) in [5.41, 5.74) is 2.67. The van der Waals surface area contributed by atoms with Crippen molar-refractivity contribution in [2.24, 2.45) is 7.05 Å². The fourth-order valence-electron chi connectivity index (χ4n) is 2.67. The molecule has 2 aromatic heterocycles.